The van der Waals surface area contributed by atoms with Gasteiger partial charge in [-0.2, -0.15) is 5.26 Å². The minimum Gasteiger partial charge on any atom is -0.481 e. The van der Waals surface area contributed by atoms with Crippen LogP contribution >= 0.6 is 0 Å². The molecule has 0 spiro atoms. The van der Waals surface area contributed by atoms with Crippen LogP contribution in [0.1, 0.15) is 26.3 Å². The number of nitriles is 1. The van der Waals surface area contributed by atoms with Crippen LogP contribution in [0.2, 0.25) is 0 Å². The number of rotatable bonds is 4. The number of carbonyl (C=O) groups excluding carboxylic acids is 1. The molecule has 110 valence electrons. The van der Waals surface area contributed by atoms with Crippen LogP contribution < -0.4 is 10.1 Å². The van der Waals surface area contributed by atoms with Gasteiger partial charge in [-0.15, -0.1) is 0 Å². The Kier molecular flexibility index (Phi) is 4.34. The molecule has 2 N–H and O–H groups in total. The Morgan fingerprint density at radius 1 is 1.32 bits per heavy atom. The monoisotopic (exact) mass is 297 g/mol. The average Bonchev–Trinajstić information content (AvgIpc) is 2.55. The molecule has 0 bridgehead atoms. The lowest BCUT2D eigenvalue weighted by molar-refractivity contribution is 0.0698. The van der Waals surface area contributed by atoms with Crippen molar-refractivity contribution in [2.45, 2.75) is 0 Å². The van der Waals surface area contributed by atoms with E-state index in [1.54, 1.807) is 0 Å². The van der Waals surface area contributed by atoms with E-state index in [0.29, 0.717) is 5.88 Å². The van der Waals surface area contributed by atoms with Gasteiger partial charge in [-0.25, -0.2) is 9.78 Å². The fourth-order valence-corrected chi connectivity index (χ4v) is 1.73. The number of nitrogens with zero attached hydrogens (tertiary/aromatic N) is 2. The second-order valence-electron chi connectivity index (χ2n) is 4.22. The number of hydrogen-bond donors (Lipinski definition) is 2. The normalized spacial score (nSPS) is 9.64. The van der Waals surface area contributed by atoms with Gasteiger partial charge in [-0.05, 0) is 24.3 Å². The van der Waals surface area contributed by atoms with Gasteiger partial charge < -0.3 is 15.2 Å². The fraction of sp³-hybridized carbons (Fsp3) is 0.0667. The third kappa shape index (κ3) is 3.19. The molecule has 0 aliphatic rings. The highest BCUT2D eigenvalue weighted by molar-refractivity contribution is 6.07. The number of methoxy groups -OCH3 is 1. The van der Waals surface area contributed by atoms with Crippen molar-refractivity contribution < 1.29 is 19.4 Å². The Morgan fingerprint density at radius 3 is 2.64 bits per heavy atom. The summed E-state index contributed by atoms with van der Waals surface area (Å²) in [6.45, 7) is 0. The quantitative estimate of drug-likeness (QED) is 0.891. The van der Waals surface area contributed by atoms with Crippen LogP contribution in [0.25, 0.3) is 0 Å². The molecule has 2 aromatic rings. The van der Waals surface area contributed by atoms with Gasteiger partial charge in [0.05, 0.1) is 35.6 Å². The Bertz CT molecular complexity index is 763. The lowest BCUT2D eigenvalue weighted by atomic mass is 10.1. The number of nitrogens with one attached hydrogen (secondary N) is 1. The maximum Gasteiger partial charge on any atom is 0.337 e. The molecular formula is C15H11N3O4. The Balaban J connectivity index is 2.27. The lowest BCUT2D eigenvalue weighted by Crippen LogP contribution is -2.15. The summed E-state index contributed by atoms with van der Waals surface area (Å²) in [5.41, 5.74) is 0.393. The van der Waals surface area contributed by atoms with Gasteiger partial charge in [0.15, 0.2) is 0 Å². The van der Waals surface area contributed by atoms with E-state index in [1.807, 2.05) is 6.07 Å². The Morgan fingerprint density at radius 2 is 2.09 bits per heavy atom. The molecule has 0 fully saturated rings. The molecule has 0 radical (unpaired) electrons. The van der Waals surface area contributed by atoms with Crippen LogP contribution in [-0.2, 0) is 0 Å². The zero-order valence-corrected chi connectivity index (χ0v) is 11.5. The number of ether oxygens (including phenoxy) is 1. The first-order valence-electron chi connectivity index (χ1n) is 6.14. The van der Waals surface area contributed by atoms with Crippen LogP contribution in [0.3, 0.4) is 0 Å². The van der Waals surface area contributed by atoms with Gasteiger partial charge in [0.25, 0.3) is 5.91 Å². The first kappa shape index (κ1) is 15.0. The number of carboxylic acids is 1. The summed E-state index contributed by atoms with van der Waals surface area (Å²) in [4.78, 5) is 27.2. The second-order valence-corrected chi connectivity index (χ2v) is 4.22. The number of amides is 1. The fourth-order valence-electron chi connectivity index (χ4n) is 1.73. The predicted molar refractivity (Wildman–Crippen MR) is 76.9 cm³/mol. The number of carboxylic acid groups (broad SMARTS) is 1. The molecule has 2 rings (SSSR count). The van der Waals surface area contributed by atoms with Crippen LogP contribution in [0.15, 0.2) is 36.5 Å². The summed E-state index contributed by atoms with van der Waals surface area (Å²) < 4.78 is 4.89. The molecule has 0 saturated carbocycles. The smallest absolute Gasteiger partial charge is 0.337 e. The van der Waals surface area contributed by atoms with Gasteiger partial charge in [0.1, 0.15) is 0 Å². The number of aromatic carboxylic acids is 1. The number of carbonyl (C=O) groups is 2. The van der Waals surface area contributed by atoms with Crippen molar-refractivity contribution in [3.05, 3.63) is 53.2 Å². The van der Waals surface area contributed by atoms with Crippen LogP contribution in [0.4, 0.5) is 5.69 Å². The zero-order chi connectivity index (χ0) is 16.1. The molecule has 22 heavy (non-hydrogen) atoms. The van der Waals surface area contributed by atoms with E-state index in [4.69, 9.17) is 15.1 Å². The summed E-state index contributed by atoms with van der Waals surface area (Å²) in [7, 11) is 1.46. The van der Waals surface area contributed by atoms with Gasteiger partial charge in [0.2, 0.25) is 5.88 Å². The molecule has 1 heterocycles. The van der Waals surface area contributed by atoms with E-state index in [0.717, 1.165) is 0 Å². The predicted octanol–water partition coefficient (Wildman–Crippen LogP) is 1.91. The molecule has 1 aromatic carbocycles. The van der Waals surface area contributed by atoms with Crippen molar-refractivity contribution in [2.24, 2.45) is 0 Å². The van der Waals surface area contributed by atoms with Gasteiger partial charge in [-0.3, -0.25) is 4.79 Å². The van der Waals surface area contributed by atoms with E-state index in [2.05, 4.69) is 10.3 Å². The molecule has 0 saturated heterocycles. The molecule has 7 heteroatoms. The molecule has 0 aliphatic carbocycles. The van der Waals surface area contributed by atoms with Crippen molar-refractivity contribution in [2.75, 3.05) is 12.4 Å². The number of benzene rings is 1. The van der Waals surface area contributed by atoms with Crippen molar-refractivity contribution >= 4 is 17.6 Å². The minimum absolute atomic E-state index is 0.104. The molecular weight excluding hydrogens is 286 g/mol. The molecule has 7 nitrogen and oxygen atoms in total. The highest BCUT2D eigenvalue weighted by Crippen LogP contribution is 2.19. The Hall–Kier alpha value is -3.40. The highest BCUT2D eigenvalue weighted by atomic mass is 16.5. The number of pyridine rings is 1. The maximum absolute atomic E-state index is 12.1. The van der Waals surface area contributed by atoms with Crippen LogP contribution in [0, 0.1) is 11.3 Å². The topological polar surface area (TPSA) is 112 Å². The van der Waals surface area contributed by atoms with Crippen molar-refractivity contribution in [3.8, 4) is 11.9 Å². The highest BCUT2D eigenvalue weighted by Gasteiger charge is 2.14. The largest absolute Gasteiger partial charge is 0.481 e. The van der Waals surface area contributed by atoms with Gasteiger partial charge in [-0.1, -0.05) is 0 Å². The summed E-state index contributed by atoms with van der Waals surface area (Å²) in [5.74, 6) is -1.39. The van der Waals surface area contributed by atoms with Crippen LogP contribution in [-0.4, -0.2) is 29.1 Å². The third-order valence-corrected chi connectivity index (χ3v) is 2.83. The van der Waals surface area contributed by atoms with Crippen LogP contribution in [0.5, 0.6) is 5.88 Å². The van der Waals surface area contributed by atoms with E-state index in [-0.39, 0.29) is 22.4 Å². The molecule has 0 atom stereocenters. The average molecular weight is 297 g/mol. The van der Waals surface area contributed by atoms with E-state index in [9.17, 15) is 9.59 Å². The van der Waals surface area contributed by atoms with E-state index < -0.39 is 11.9 Å². The molecule has 1 amide bonds. The molecule has 0 aliphatic heterocycles. The van der Waals surface area contributed by atoms with Crippen molar-refractivity contribution in [1.82, 2.24) is 4.98 Å². The summed E-state index contributed by atoms with van der Waals surface area (Å²) >= 11 is 0. The van der Waals surface area contributed by atoms with Crippen molar-refractivity contribution in [3.63, 3.8) is 0 Å². The Labute approximate surface area is 125 Å². The first-order chi connectivity index (χ1) is 10.5. The number of anilines is 1. The number of aromatic nitrogens is 1. The van der Waals surface area contributed by atoms with Gasteiger partial charge in [0, 0.05) is 12.3 Å². The minimum atomic E-state index is -1.24. The lowest BCUT2D eigenvalue weighted by Gasteiger charge is -2.09. The van der Waals surface area contributed by atoms with E-state index >= 15 is 0 Å². The van der Waals surface area contributed by atoms with E-state index in [1.165, 1.54) is 43.6 Å². The standard InChI is InChI=1S/C15H11N3O4/c1-22-13-5-3-10(8-17-13)14(19)18-12-4-2-9(7-16)6-11(12)15(20)21/h2-6,8H,1H3,(H,18,19)(H,20,21). The summed E-state index contributed by atoms with van der Waals surface area (Å²) in [5, 5.41) is 20.4. The number of hydrogen-bond acceptors (Lipinski definition) is 5. The summed E-state index contributed by atoms with van der Waals surface area (Å²) in [6, 6.07) is 8.87. The first-order valence-corrected chi connectivity index (χ1v) is 6.14. The molecule has 0 unspecified atom stereocenters. The SMILES string of the molecule is COc1ccc(C(=O)Nc2ccc(C#N)cc2C(=O)O)cn1. The molecule has 1 aromatic heterocycles. The van der Waals surface area contributed by atoms with Gasteiger partial charge >= 0.3 is 5.97 Å². The van der Waals surface area contributed by atoms with Crippen molar-refractivity contribution in [1.29, 1.82) is 5.26 Å². The third-order valence-electron chi connectivity index (χ3n) is 2.83. The zero-order valence-electron chi connectivity index (χ0n) is 11.5. The summed E-state index contributed by atoms with van der Waals surface area (Å²) in [6.07, 6.45) is 1.32. The maximum atomic E-state index is 12.1. The second kappa shape index (κ2) is 6.37.